The highest BCUT2D eigenvalue weighted by Crippen LogP contribution is 2.12. The van der Waals surface area contributed by atoms with E-state index in [1.165, 1.54) is 7.11 Å². The fraction of sp³-hybridized carbons (Fsp3) is 0.556. The minimum absolute atomic E-state index is 0.00870. The van der Waals surface area contributed by atoms with Crippen LogP contribution in [-0.4, -0.2) is 29.3 Å². The lowest BCUT2D eigenvalue weighted by molar-refractivity contribution is 0.0846. The molecule has 0 aliphatic carbocycles. The number of carbonyl (C=O) groups excluding carboxylic acids is 1. The Morgan fingerprint density at radius 1 is 1.54 bits per heavy atom. The molecule has 0 aliphatic heterocycles. The highest BCUT2D eigenvalue weighted by Gasteiger charge is 2.16. The highest BCUT2D eigenvalue weighted by molar-refractivity contribution is 5.99. The number of carbonyl (C=O) groups is 1. The summed E-state index contributed by atoms with van der Waals surface area (Å²) < 4.78 is 6.50. The summed E-state index contributed by atoms with van der Waals surface area (Å²) >= 11 is 0. The smallest absolute Gasteiger partial charge is 0.192 e. The summed E-state index contributed by atoms with van der Waals surface area (Å²) in [7, 11) is 3.34. The predicted octanol–water partition coefficient (Wildman–Crippen LogP) is 0.866. The van der Waals surface area contributed by atoms with Crippen LogP contribution in [0.25, 0.3) is 0 Å². The van der Waals surface area contributed by atoms with E-state index in [-0.39, 0.29) is 12.4 Å². The monoisotopic (exact) mass is 182 g/mol. The first-order chi connectivity index (χ1) is 6.07. The molecule has 0 saturated carbocycles. The van der Waals surface area contributed by atoms with E-state index in [0.717, 1.165) is 11.4 Å². The maximum Gasteiger partial charge on any atom is 0.192 e. The van der Waals surface area contributed by atoms with Crippen molar-refractivity contribution in [3.8, 4) is 0 Å². The molecule has 1 rings (SSSR count). The summed E-state index contributed by atoms with van der Waals surface area (Å²) in [6, 6.07) is 0. The maximum absolute atomic E-state index is 11.5. The quantitative estimate of drug-likeness (QED) is 0.651. The van der Waals surface area contributed by atoms with E-state index in [1.807, 2.05) is 20.9 Å². The molecule has 72 valence electrons. The van der Waals surface area contributed by atoms with Crippen molar-refractivity contribution in [2.45, 2.75) is 13.8 Å². The van der Waals surface area contributed by atoms with Gasteiger partial charge in [0.05, 0.1) is 11.3 Å². The average molecular weight is 182 g/mol. The molecule has 0 fully saturated rings. The number of hydrogen-bond acceptors (Lipinski definition) is 3. The molecular formula is C9H14N2O2. The molecule has 0 amide bonds. The fourth-order valence-electron chi connectivity index (χ4n) is 1.38. The SMILES string of the molecule is COCC(=O)c1c(C)nn(C)c1C. The first kappa shape index (κ1) is 9.92. The van der Waals surface area contributed by atoms with Gasteiger partial charge in [-0.2, -0.15) is 5.10 Å². The van der Waals surface area contributed by atoms with Crippen LogP contribution in [0.1, 0.15) is 21.7 Å². The molecule has 0 bridgehead atoms. The van der Waals surface area contributed by atoms with Crippen molar-refractivity contribution in [1.29, 1.82) is 0 Å². The van der Waals surface area contributed by atoms with E-state index in [0.29, 0.717) is 5.56 Å². The average Bonchev–Trinajstić information content (AvgIpc) is 2.27. The number of aromatic nitrogens is 2. The minimum Gasteiger partial charge on any atom is -0.377 e. The molecule has 0 N–H and O–H groups in total. The Labute approximate surface area is 77.5 Å². The van der Waals surface area contributed by atoms with Crippen molar-refractivity contribution in [2.75, 3.05) is 13.7 Å². The molecule has 0 aromatic carbocycles. The standard InChI is InChI=1S/C9H14N2O2/c1-6-9(8(12)5-13-4)7(2)11(3)10-6/h5H2,1-4H3. The molecule has 4 heteroatoms. The lowest BCUT2D eigenvalue weighted by atomic mass is 10.1. The van der Waals surface area contributed by atoms with Crippen molar-refractivity contribution in [2.24, 2.45) is 7.05 Å². The summed E-state index contributed by atoms with van der Waals surface area (Å²) in [5.74, 6) is -0.00870. The maximum atomic E-state index is 11.5. The number of Topliss-reactive ketones (excluding diaryl/α,β-unsaturated/α-hetero) is 1. The van der Waals surface area contributed by atoms with Crippen molar-refractivity contribution in [3.05, 3.63) is 17.0 Å². The largest absolute Gasteiger partial charge is 0.377 e. The number of ketones is 1. The number of aryl methyl sites for hydroxylation is 2. The van der Waals surface area contributed by atoms with Crippen LogP contribution in [0, 0.1) is 13.8 Å². The summed E-state index contributed by atoms with van der Waals surface area (Å²) in [6.45, 7) is 3.83. The summed E-state index contributed by atoms with van der Waals surface area (Å²) in [5.41, 5.74) is 2.34. The third-order valence-corrected chi connectivity index (χ3v) is 2.06. The third-order valence-electron chi connectivity index (χ3n) is 2.06. The van der Waals surface area contributed by atoms with Crippen molar-refractivity contribution in [1.82, 2.24) is 9.78 Å². The molecule has 0 saturated heterocycles. The van der Waals surface area contributed by atoms with Gasteiger partial charge < -0.3 is 4.74 Å². The van der Waals surface area contributed by atoms with Crippen LogP contribution in [0.2, 0.25) is 0 Å². The molecule has 1 heterocycles. The second-order valence-corrected chi connectivity index (χ2v) is 3.03. The molecule has 0 atom stereocenters. The van der Waals surface area contributed by atoms with E-state index in [1.54, 1.807) is 4.68 Å². The van der Waals surface area contributed by atoms with Crippen LogP contribution in [0.3, 0.4) is 0 Å². The number of nitrogens with zero attached hydrogens (tertiary/aromatic N) is 2. The van der Waals surface area contributed by atoms with Crippen LogP contribution in [0.5, 0.6) is 0 Å². The summed E-state index contributed by atoms with van der Waals surface area (Å²) in [4.78, 5) is 11.5. The van der Waals surface area contributed by atoms with E-state index in [9.17, 15) is 4.79 Å². The van der Waals surface area contributed by atoms with Gasteiger partial charge in [0.15, 0.2) is 5.78 Å². The highest BCUT2D eigenvalue weighted by atomic mass is 16.5. The van der Waals surface area contributed by atoms with Gasteiger partial charge in [-0.05, 0) is 13.8 Å². The normalized spacial score (nSPS) is 10.5. The molecule has 1 aromatic heterocycles. The van der Waals surface area contributed by atoms with Gasteiger partial charge in [0.1, 0.15) is 6.61 Å². The molecule has 1 aromatic rings. The second kappa shape index (κ2) is 3.70. The van der Waals surface area contributed by atoms with Gasteiger partial charge in [0, 0.05) is 19.9 Å². The second-order valence-electron chi connectivity index (χ2n) is 3.03. The van der Waals surface area contributed by atoms with Gasteiger partial charge in [0.2, 0.25) is 0 Å². The van der Waals surface area contributed by atoms with Crippen LogP contribution >= 0.6 is 0 Å². The molecule has 13 heavy (non-hydrogen) atoms. The third kappa shape index (κ3) is 1.78. The Morgan fingerprint density at radius 3 is 2.54 bits per heavy atom. The lowest BCUT2D eigenvalue weighted by Crippen LogP contribution is -2.09. The lowest BCUT2D eigenvalue weighted by Gasteiger charge is -1.99. The number of rotatable bonds is 3. The zero-order valence-corrected chi connectivity index (χ0v) is 8.42. The Balaban J connectivity index is 3.06. The minimum atomic E-state index is -0.00870. The van der Waals surface area contributed by atoms with Gasteiger partial charge in [-0.1, -0.05) is 0 Å². The number of methoxy groups -OCH3 is 1. The van der Waals surface area contributed by atoms with Crippen molar-refractivity contribution < 1.29 is 9.53 Å². The molecule has 0 spiro atoms. The molecule has 0 aliphatic rings. The van der Waals surface area contributed by atoms with Gasteiger partial charge in [-0.3, -0.25) is 9.48 Å². The Kier molecular flexibility index (Phi) is 2.83. The topological polar surface area (TPSA) is 44.1 Å². The predicted molar refractivity (Wildman–Crippen MR) is 48.9 cm³/mol. The van der Waals surface area contributed by atoms with Gasteiger partial charge in [0.25, 0.3) is 0 Å². The van der Waals surface area contributed by atoms with Crippen LogP contribution < -0.4 is 0 Å². The Morgan fingerprint density at radius 2 is 2.15 bits per heavy atom. The van der Waals surface area contributed by atoms with Gasteiger partial charge in [-0.15, -0.1) is 0 Å². The number of hydrogen-bond donors (Lipinski definition) is 0. The van der Waals surface area contributed by atoms with E-state index >= 15 is 0 Å². The Hall–Kier alpha value is -1.16. The molecule has 0 unspecified atom stereocenters. The van der Waals surface area contributed by atoms with Gasteiger partial charge >= 0.3 is 0 Å². The fourth-order valence-corrected chi connectivity index (χ4v) is 1.38. The Bertz CT molecular complexity index is 329. The summed E-state index contributed by atoms with van der Waals surface area (Å²) in [6.07, 6.45) is 0. The van der Waals surface area contributed by atoms with Crippen molar-refractivity contribution in [3.63, 3.8) is 0 Å². The van der Waals surface area contributed by atoms with Crippen molar-refractivity contribution >= 4 is 5.78 Å². The van der Waals surface area contributed by atoms with Crippen LogP contribution in [0.15, 0.2) is 0 Å². The zero-order chi connectivity index (χ0) is 10.0. The van der Waals surface area contributed by atoms with Gasteiger partial charge in [-0.25, -0.2) is 0 Å². The molecular weight excluding hydrogens is 168 g/mol. The van der Waals surface area contributed by atoms with Crippen LogP contribution in [0.4, 0.5) is 0 Å². The molecule has 4 nitrogen and oxygen atoms in total. The van der Waals surface area contributed by atoms with Crippen LogP contribution in [-0.2, 0) is 11.8 Å². The zero-order valence-electron chi connectivity index (χ0n) is 8.42. The number of ether oxygens (including phenoxy) is 1. The first-order valence-electron chi connectivity index (χ1n) is 4.10. The molecule has 0 radical (unpaired) electrons. The van der Waals surface area contributed by atoms with E-state index in [2.05, 4.69) is 5.10 Å². The van der Waals surface area contributed by atoms with E-state index in [4.69, 9.17) is 4.74 Å². The van der Waals surface area contributed by atoms with E-state index < -0.39 is 0 Å². The summed E-state index contributed by atoms with van der Waals surface area (Å²) in [5, 5.41) is 4.15. The first-order valence-corrected chi connectivity index (χ1v) is 4.10.